The van der Waals surface area contributed by atoms with E-state index in [9.17, 15) is 14.0 Å². The number of hydrogen-bond acceptors (Lipinski definition) is 4. The molecule has 1 aliphatic heterocycles. The fourth-order valence-corrected chi connectivity index (χ4v) is 2.72. The van der Waals surface area contributed by atoms with Gasteiger partial charge in [0.05, 0.1) is 0 Å². The molecule has 25 heavy (non-hydrogen) atoms. The van der Waals surface area contributed by atoms with Crippen LogP contribution < -0.4 is 16.0 Å². The minimum absolute atomic E-state index is 0.0347. The molecule has 0 radical (unpaired) electrons. The van der Waals surface area contributed by atoms with Crippen molar-refractivity contribution in [2.24, 2.45) is 11.7 Å². The lowest BCUT2D eigenvalue weighted by Crippen LogP contribution is -2.49. The van der Waals surface area contributed by atoms with E-state index in [0.29, 0.717) is 32.7 Å². The summed E-state index contributed by atoms with van der Waals surface area (Å²) in [5.41, 5.74) is 6.66. The first-order valence-electron chi connectivity index (χ1n) is 8.70. The molecule has 0 bridgehead atoms. The molecule has 0 aliphatic carbocycles. The van der Waals surface area contributed by atoms with Gasteiger partial charge in [-0.2, -0.15) is 0 Å². The fraction of sp³-hybridized carbons (Fsp3) is 0.556. The number of halogens is 1. The molecule has 1 aliphatic rings. The third kappa shape index (κ3) is 5.42. The van der Waals surface area contributed by atoms with E-state index in [1.807, 2.05) is 0 Å². The zero-order valence-corrected chi connectivity index (χ0v) is 14.9. The Morgan fingerprint density at radius 3 is 2.32 bits per heavy atom. The number of hydrogen-bond donors (Lipinski definition) is 2. The predicted molar refractivity (Wildman–Crippen MR) is 95.6 cm³/mol. The maximum absolute atomic E-state index is 13.0. The van der Waals surface area contributed by atoms with Gasteiger partial charge in [-0.1, -0.05) is 6.92 Å². The van der Waals surface area contributed by atoms with Gasteiger partial charge in [-0.3, -0.25) is 9.59 Å². The van der Waals surface area contributed by atoms with Crippen molar-refractivity contribution in [2.75, 3.05) is 37.6 Å². The zero-order chi connectivity index (χ0) is 18.4. The van der Waals surface area contributed by atoms with Gasteiger partial charge in [0.15, 0.2) is 0 Å². The predicted octanol–water partition coefficient (Wildman–Crippen LogP) is 0.964. The standard InChI is InChI=1S/C18H27FN4O2/c1-13(14(2)20)18(25)21-8-7-17(24)23-11-9-22(10-12-23)16-5-3-15(19)4-6-16/h3-6,13-14H,7-12,20H2,1-2H3,(H,21,25). The summed E-state index contributed by atoms with van der Waals surface area (Å²) in [7, 11) is 0. The van der Waals surface area contributed by atoms with Crippen molar-refractivity contribution >= 4 is 17.5 Å². The molecule has 2 amide bonds. The van der Waals surface area contributed by atoms with Crippen LogP contribution in [0.25, 0.3) is 0 Å². The number of piperazine rings is 1. The summed E-state index contributed by atoms with van der Waals surface area (Å²) in [5, 5.41) is 2.76. The van der Waals surface area contributed by atoms with Crippen molar-refractivity contribution < 1.29 is 14.0 Å². The third-order valence-electron chi connectivity index (χ3n) is 4.66. The van der Waals surface area contributed by atoms with E-state index < -0.39 is 0 Å². The molecule has 1 heterocycles. The van der Waals surface area contributed by atoms with Crippen LogP contribution in [-0.4, -0.2) is 55.5 Å². The summed E-state index contributed by atoms with van der Waals surface area (Å²) in [5.74, 6) is -0.608. The number of carbonyl (C=O) groups excluding carboxylic acids is 2. The van der Waals surface area contributed by atoms with Crippen LogP contribution in [0.5, 0.6) is 0 Å². The molecular formula is C18H27FN4O2. The number of carbonyl (C=O) groups is 2. The molecule has 0 aromatic heterocycles. The van der Waals surface area contributed by atoms with Gasteiger partial charge in [0, 0.05) is 56.8 Å². The Bertz CT molecular complexity index is 583. The fourth-order valence-electron chi connectivity index (χ4n) is 2.72. The molecule has 7 heteroatoms. The van der Waals surface area contributed by atoms with E-state index in [0.717, 1.165) is 5.69 Å². The number of rotatable bonds is 6. The van der Waals surface area contributed by atoms with Crippen LogP contribution in [0, 0.1) is 11.7 Å². The van der Waals surface area contributed by atoms with Gasteiger partial charge in [-0.05, 0) is 31.2 Å². The molecule has 0 saturated carbocycles. The van der Waals surface area contributed by atoms with Crippen LogP contribution in [0.1, 0.15) is 20.3 Å². The Hall–Kier alpha value is -2.15. The van der Waals surface area contributed by atoms with Crippen LogP contribution in [0.3, 0.4) is 0 Å². The summed E-state index contributed by atoms with van der Waals surface area (Å²) < 4.78 is 13.0. The van der Waals surface area contributed by atoms with E-state index in [1.54, 1.807) is 30.9 Å². The zero-order valence-electron chi connectivity index (χ0n) is 14.9. The molecule has 1 aromatic carbocycles. The van der Waals surface area contributed by atoms with Gasteiger partial charge in [-0.25, -0.2) is 4.39 Å². The van der Waals surface area contributed by atoms with Gasteiger partial charge in [0.1, 0.15) is 5.82 Å². The van der Waals surface area contributed by atoms with Crippen LogP contribution >= 0.6 is 0 Å². The second-order valence-corrected chi connectivity index (χ2v) is 6.53. The molecule has 2 atom stereocenters. The highest BCUT2D eigenvalue weighted by molar-refractivity contribution is 5.80. The summed E-state index contributed by atoms with van der Waals surface area (Å²) >= 11 is 0. The van der Waals surface area contributed by atoms with Crippen molar-refractivity contribution in [1.29, 1.82) is 0 Å². The van der Waals surface area contributed by atoms with E-state index in [2.05, 4.69) is 10.2 Å². The number of benzene rings is 1. The van der Waals surface area contributed by atoms with E-state index in [4.69, 9.17) is 5.73 Å². The molecule has 0 spiro atoms. The van der Waals surface area contributed by atoms with Crippen LogP contribution in [0.4, 0.5) is 10.1 Å². The molecule has 1 saturated heterocycles. The Labute approximate surface area is 148 Å². The van der Waals surface area contributed by atoms with E-state index in [1.165, 1.54) is 12.1 Å². The first kappa shape index (κ1) is 19.2. The second kappa shape index (κ2) is 8.80. The van der Waals surface area contributed by atoms with Crippen molar-refractivity contribution in [3.63, 3.8) is 0 Å². The molecular weight excluding hydrogens is 323 g/mol. The molecule has 1 fully saturated rings. The summed E-state index contributed by atoms with van der Waals surface area (Å²) in [4.78, 5) is 28.0. The quantitative estimate of drug-likeness (QED) is 0.801. The van der Waals surface area contributed by atoms with Crippen LogP contribution in [-0.2, 0) is 9.59 Å². The molecule has 2 rings (SSSR count). The van der Waals surface area contributed by atoms with Gasteiger partial charge >= 0.3 is 0 Å². The topological polar surface area (TPSA) is 78.7 Å². The number of anilines is 1. The number of nitrogens with zero attached hydrogens (tertiary/aromatic N) is 2. The van der Waals surface area contributed by atoms with Crippen LogP contribution in [0.2, 0.25) is 0 Å². The highest BCUT2D eigenvalue weighted by atomic mass is 19.1. The van der Waals surface area contributed by atoms with Gasteiger partial charge in [-0.15, -0.1) is 0 Å². The molecule has 3 N–H and O–H groups in total. The number of amides is 2. The average molecular weight is 350 g/mol. The molecule has 138 valence electrons. The first-order chi connectivity index (χ1) is 11.9. The monoisotopic (exact) mass is 350 g/mol. The smallest absolute Gasteiger partial charge is 0.224 e. The first-order valence-corrected chi connectivity index (χ1v) is 8.70. The van der Waals surface area contributed by atoms with Crippen molar-refractivity contribution in [3.05, 3.63) is 30.1 Å². The molecule has 1 aromatic rings. The highest BCUT2D eigenvalue weighted by Crippen LogP contribution is 2.17. The Morgan fingerprint density at radius 2 is 1.76 bits per heavy atom. The van der Waals surface area contributed by atoms with Crippen molar-refractivity contribution in [3.8, 4) is 0 Å². The Morgan fingerprint density at radius 1 is 1.16 bits per heavy atom. The Kier molecular flexibility index (Phi) is 6.75. The van der Waals surface area contributed by atoms with Gasteiger partial charge < -0.3 is 20.9 Å². The highest BCUT2D eigenvalue weighted by Gasteiger charge is 2.22. The van der Waals surface area contributed by atoms with E-state index >= 15 is 0 Å². The number of nitrogens with one attached hydrogen (secondary N) is 1. The lowest BCUT2D eigenvalue weighted by atomic mass is 10.0. The third-order valence-corrected chi connectivity index (χ3v) is 4.66. The largest absolute Gasteiger partial charge is 0.368 e. The maximum atomic E-state index is 13.0. The summed E-state index contributed by atoms with van der Waals surface area (Å²) in [6, 6.07) is 6.18. The SMILES string of the molecule is CC(N)C(C)C(=O)NCCC(=O)N1CCN(c2ccc(F)cc2)CC1. The Balaban J connectivity index is 1.72. The number of nitrogens with two attached hydrogens (primary N) is 1. The van der Waals surface area contributed by atoms with Crippen molar-refractivity contribution in [2.45, 2.75) is 26.3 Å². The normalized spacial score (nSPS) is 17.1. The molecule has 6 nitrogen and oxygen atoms in total. The van der Waals surface area contributed by atoms with E-state index in [-0.39, 0.29) is 36.0 Å². The van der Waals surface area contributed by atoms with Gasteiger partial charge in [0.25, 0.3) is 0 Å². The minimum atomic E-state index is -0.269. The second-order valence-electron chi connectivity index (χ2n) is 6.53. The van der Waals surface area contributed by atoms with Gasteiger partial charge in [0.2, 0.25) is 11.8 Å². The summed E-state index contributed by atoms with van der Waals surface area (Å²) in [6.45, 7) is 6.57. The van der Waals surface area contributed by atoms with Crippen LogP contribution in [0.15, 0.2) is 24.3 Å². The lowest BCUT2D eigenvalue weighted by Gasteiger charge is -2.36. The minimum Gasteiger partial charge on any atom is -0.368 e. The lowest BCUT2D eigenvalue weighted by molar-refractivity contribution is -0.131. The summed E-state index contributed by atoms with van der Waals surface area (Å²) in [6.07, 6.45) is 0.286. The van der Waals surface area contributed by atoms with Crippen molar-refractivity contribution in [1.82, 2.24) is 10.2 Å². The molecule has 2 unspecified atom stereocenters. The maximum Gasteiger partial charge on any atom is 0.224 e. The average Bonchev–Trinajstić information content (AvgIpc) is 2.61.